The van der Waals surface area contributed by atoms with Gasteiger partial charge in [-0.3, -0.25) is 0 Å². The van der Waals surface area contributed by atoms with Gasteiger partial charge in [0.2, 0.25) is 10.0 Å². The molecule has 1 aliphatic rings. The Kier molecular flexibility index (Phi) is 3.63. The molecule has 1 aliphatic heterocycles. The van der Waals surface area contributed by atoms with Crippen molar-refractivity contribution in [3.8, 4) is 5.75 Å². The fourth-order valence-electron chi connectivity index (χ4n) is 1.51. The lowest BCUT2D eigenvalue weighted by Crippen LogP contribution is -2.63. The molecule has 1 aromatic carbocycles. The summed E-state index contributed by atoms with van der Waals surface area (Å²) in [5.74, 6) is -0.0684. The highest BCUT2D eigenvalue weighted by atomic mass is 79.9. The Morgan fingerprint density at radius 2 is 2.17 bits per heavy atom. The second kappa shape index (κ2) is 4.76. The van der Waals surface area contributed by atoms with Gasteiger partial charge < -0.3 is 9.84 Å². The van der Waals surface area contributed by atoms with E-state index in [1.54, 1.807) is 0 Å². The Labute approximate surface area is 112 Å². The zero-order chi connectivity index (χ0) is 13.4. The lowest BCUT2D eigenvalue weighted by molar-refractivity contribution is -0.0725. The molecule has 18 heavy (non-hydrogen) atoms. The van der Waals surface area contributed by atoms with Crippen LogP contribution in [0.2, 0.25) is 0 Å². The highest BCUT2D eigenvalue weighted by molar-refractivity contribution is 9.10. The van der Waals surface area contributed by atoms with Crippen LogP contribution < -0.4 is 4.72 Å². The SMILES string of the molecule is O=S(=O)(NC1(CF)COC1)c1ccc(O)c(Br)c1. The molecule has 1 saturated heterocycles. The first-order valence-electron chi connectivity index (χ1n) is 5.05. The predicted octanol–water partition coefficient (Wildman–Crippen LogP) is 1.17. The van der Waals surface area contributed by atoms with Crippen molar-refractivity contribution in [2.75, 3.05) is 19.9 Å². The van der Waals surface area contributed by atoms with Gasteiger partial charge in [0.15, 0.2) is 0 Å². The number of aromatic hydroxyl groups is 1. The summed E-state index contributed by atoms with van der Waals surface area (Å²) in [6.45, 7) is -0.796. The van der Waals surface area contributed by atoms with Crippen molar-refractivity contribution in [1.82, 2.24) is 4.72 Å². The number of hydrogen-bond acceptors (Lipinski definition) is 4. The van der Waals surface area contributed by atoms with Gasteiger partial charge in [0.1, 0.15) is 18.0 Å². The number of rotatable bonds is 4. The molecule has 8 heteroatoms. The van der Waals surface area contributed by atoms with Crippen molar-refractivity contribution in [1.29, 1.82) is 0 Å². The van der Waals surface area contributed by atoms with Crippen LogP contribution in [-0.2, 0) is 14.8 Å². The maximum absolute atomic E-state index is 12.8. The summed E-state index contributed by atoms with van der Waals surface area (Å²) in [5.41, 5.74) is -1.16. The number of ether oxygens (including phenoxy) is 1. The van der Waals surface area contributed by atoms with Gasteiger partial charge in [-0.2, -0.15) is 4.72 Å². The van der Waals surface area contributed by atoms with Crippen LogP contribution in [-0.4, -0.2) is 39.0 Å². The molecular weight excluding hydrogens is 329 g/mol. The van der Waals surface area contributed by atoms with Crippen molar-refractivity contribution in [2.45, 2.75) is 10.4 Å². The molecule has 0 unspecified atom stereocenters. The van der Waals surface area contributed by atoms with E-state index in [-0.39, 0.29) is 28.3 Å². The van der Waals surface area contributed by atoms with Crippen molar-refractivity contribution >= 4 is 26.0 Å². The normalized spacial score (nSPS) is 18.3. The van der Waals surface area contributed by atoms with E-state index < -0.39 is 22.2 Å². The van der Waals surface area contributed by atoms with Crippen LogP contribution in [0.25, 0.3) is 0 Å². The lowest BCUT2D eigenvalue weighted by Gasteiger charge is -2.39. The molecule has 2 rings (SSSR count). The number of benzene rings is 1. The van der Waals surface area contributed by atoms with Gasteiger partial charge in [0.25, 0.3) is 0 Å². The Morgan fingerprint density at radius 1 is 1.50 bits per heavy atom. The van der Waals surface area contributed by atoms with E-state index in [2.05, 4.69) is 20.7 Å². The average molecular weight is 340 g/mol. The molecule has 0 spiro atoms. The van der Waals surface area contributed by atoms with Crippen LogP contribution >= 0.6 is 15.9 Å². The summed E-state index contributed by atoms with van der Waals surface area (Å²) in [6, 6.07) is 3.75. The van der Waals surface area contributed by atoms with E-state index in [9.17, 15) is 17.9 Å². The number of phenolic OH excluding ortho intramolecular Hbond substituents is 1. The van der Waals surface area contributed by atoms with Crippen molar-refractivity contribution < 1.29 is 22.7 Å². The number of sulfonamides is 1. The molecule has 2 N–H and O–H groups in total. The third-order valence-corrected chi connectivity index (χ3v) is 4.80. The highest BCUT2D eigenvalue weighted by Gasteiger charge is 2.42. The summed E-state index contributed by atoms with van der Waals surface area (Å²) in [6.07, 6.45) is 0. The third-order valence-electron chi connectivity index (χ3n) is 2.59. The third kappa shape index (κ3) is 2.51. The summed E-state index contributed by atoms with van der Waals surface area (Å²) >= 11 is 3.03. The molecule has 0 atom stereocenters. The van der Waals surface area contributed by atoms with Gasteiger partial charge in [-0.25, -0.2) is 12.8 Å². The Balaban J connectivity index is 2.28. The molecule has 0 aromatic heterocycles. The minimum atomic E-state index is -3.84. The van der Waals surface area contributed by atoms with Crippen molar-refractivity contribution in [3.05, 3.63) is 22.7 Å². The quantitative estimate of drug-likeness (QED) is 0.863. The van der Waals surface area contributed by atoms with E-state index in [1.807, 2.05) is 0 Å². The van der Waals surface area contributed by atoms with Gasteiger partial charge in [-0.1, -0.05) is 0 Å². The molecule has 1 aromatic rings. The minimum absolute atomic E-state index is 0.0159. The van der Waals surface area contributed by atoms with Crippen LogP contribution in [0.3, 0.4) is 0 Å². The minimum Gasteiger partial charge on any atom is -0.507 e. The fourth-order valence-corrected chi connectivity index (χ4v) is 3.42. The summed E-state index contributed by atoms with van der Waals surface area (Å²) in [7, 11) is -3.84. The number of halogens is 2. The second-order valence-electron chi connectivity index (χ2n) is 4.13. The molecule has 0 saturated carbocycles. The van der Waals surface area contributed by atoms with E-state index >= 15 is 0 Å². The van der Waals surface area contributed by atoms with Gasteiger partial charge in [0.05, 0.1) is 22.6 Å². The summed E-state index contributed by atoms with van der Waals surface area (Å²) in [5, 5.41) is 9.30. The maximum Gasteiger partial charge on any atom is 0.241 e. The highest BCUT2D eigenvalue weighted by Crippen LogP contribution is 2.28. The first-order chi connectivity index (χ1) is 8.38. The number of nitrogens with one attached hydrogen (secondary N) is 1. The van der Waals surface area contributed by atoms with E-state index in [0.29, 0.717) is 0 Å². The number of alkyl halides is 1. The van der Waals surface area contributed by atoms with Crippen LogP contribution in [0.5, 0.6) is 5.75 Å². The Hall–Kier alpha value is -0.700. The number of phenols is 1. The Bertz CT molecular complexity index is 553. The smallest absolute Gasteiger partial charge is 0.241 e. The zero-order valence-electron chi connectivity index (χ0n) is 9.19. The molecule has 5 nitrogen and oxygen atoms in total. The standard InChI is InChI=1S/C10H11BrFNO4S/c11-8-3-7(1-2-9(8)14)18(15,16)13-10(4-12)5-17-6-10/h1-3,13-14H,4-6H2. The monoisotopic (exact) mass is 339 g/mol. The van der Waals surface area contributed by atoms with Gasteiger partial charge in [-0.05, 0) is 34.1 Å². The molecule has 0 aliphatic carbocycles. The van der Waals surface area contributed by atoms with Crippen molar-refractivity contribution in [2.24, 2.45) is 0 Å². The van der Waals surface area contributed by atoms with Gasteiger partial charge in [0, 0.05) is 0 Å². The van der Waals surface area contributed by atoms with E-state index in [4.69, 9.17) is 4.74 Å². The van der Waals surface area contributed by atoms with E-state index in [0.717, 1.165) is 0 Å². The first-order valence-corrected chi connectivity index (χ1v) is 7.32. The topological polar surface area (TPSA) is 75.6 Å². The molecule has 100 valence electrons. The summed E-state index contributed by atoms with van der Waals surface area (Å²) < 4.78 is 44.3. The molecule has 1 fully saturated rings. The molecule has 0 amide bonds. The average Bonchev–Trinajstić information content (AvgIpc) is 2.27. The van der Waals surface area contributed by atoms with Crippen LogP contribution in [0.1, 0.15) is 0 Å². The van der Waals surface area contributed by atoms with Gasteiger partial charge in [-0.15, -0.1) is 0 Å². The molecule has 0 bridgehead atoms. The zero-order valence-corrected chi connectivity index (χ0v) is 11.6. The molecule has 1 heterocycles. The Morgan fingerprint density at radius 3 is 2.61 bits per heavy atom. The first kappa shape index (κ1) is 13.7. The second-order valence-corrected chi connectivity index (χ2v) is 6.66. The summed E-state index contributed by atoms with van der Waals surface area (Å²) in [4.78, 5) is -0.0492. The molecule has 0 radical (unpaired) electrons. The largest absolute Gasteiger partial charge is 0.507 e. The van der Waals surface area contributed by atoms with Crippen molar-refractivity contribution in [3.63, 3.8) is 0 Å². The van der Waals surface area contributed by atoms with Crippen LogP contribution in [0.4, 0.5) is 4.39 Å². The predicted molar refractivity (Wildman–Crippen MR) is 65.7 cm³/mol. The fraction of sp³-hybridized carbons (Fsp3) is 0.400. The van der Waals surface area contributed by atoms with Gasteiger partial charge >= 0.3 is 0 Å². The number of hydrogen-bond donors (Lipinski definition) is 2. The lowest BCUT2D eigenvalue weighted by atomic mass is 10.0. The van der Waals surface area contributed by atoms with E-state index in [1.165, 1.54) is 18.2 Å². The van der Waals surface area contributed by atoms with Crippen LogP contribution in [0, 0.1) is 0 Å². The van der Waals surface area contributed by atoms with Crippen LogP contribution in [0.15, 0.2) is 27.6 Å². The maximum atomic E-state index is 12.8. The molecular formula is C10H11BrFNO4S.